The van der Waals surface area contributed by atoms with Crippen LogP contribution in [0.5, 0.6) is 17.2 Å². The van der Waals surface area contributed by atoms with Crippen LogP contribution in [0.15, 0.2) is 54.6 Å². The Morgan fingerprint density at radius 1 is 0.283 bits per heavy atom. The van der Waals surface area contributed by atoms with Crippen LogP contribution in [0, 0.1) is 40.4 Å². The van der Waals surface area contributed by atoms with Crippen LogP contribution in [-0.4, -0.2) is 15.3 Å². The molecule has 0 unspecified atom stereocenters. The minimum atomic E-state index is -0.00859. The van der Waals surface area contributed by atoms with Gasteiger partial charge in [0, 0.05) is 40.4 Å². The van der Waals surface area contributed by atoms with Gasteiger partial charge in [0.15, 0.2) is 0 Å². The normalized spacial score (nSPS) is 12.7. The molecule has 3 rings (SSSR count). The molecule has 0 aliphatic carbocycles. The molecule has 3 N–H and O–H groups in total. The van der Waals surface area contributed by atoms with Crippen molar-refractivity contribution in [2.45, 2.75) is 157 Å². The van der Waals surface area contributed by atoms with Gasteiger partial charge in [-0.15, -0.1) is 0 Å². The summed E-state index contributed by atoms with van der Waals surface area (Å²) in [6.07, 6.45) is 0. The molecule has 0 atom stereocenters. The van der Waals surface area contributed by atoms with Gasteiger partial charge in [0.25, 0.3) is 0 Å². The smallest absolute Gasteiger partial charge is 0.123 e. The summed E-state index contributed by atoms with van der Waals surface area (Å²) < 4.78 is 0. The van der Waals surface area contributed by atoms with Crippen molar-refractivity contribution in [2.24, 2.45) is 0 Å². The first kappa shape index (κ1) is 44.4. The molecule has 0 amide bonds. The van der Waals surface area contributed by atoms with E-state index in [4.69, 9.17) is 0 Å². The zero-order chi connectivity index (χ0) is 35.6. The molecular weight excluding hydrogens is 703 g/mol. The van der Waals surface area contributed by atoms with Gasteiger partial charge in [-0.3, -0.25) is 0 Å². The maximum Gasteiger partial charge on any atom is 0.123 e. The van der Waals surface area contributed by atoms with Gasteiger partial charge in [-0.05, 0) is 65.9 Å². The summed E-state index contributed by atoms with van der Waals surface area (Å²) in [4.78, 5) is 0. The van der Waals surface area contributed by atoms with Gasteiger partial charge in [0.05, 0.1) is 0 Å². The van der Waals surface area contributed by atoms with Crippen LogP contribution in [0.4, 0.5) is 0 Å². The molecule has 46 heavy (non-hydrogen) atoms. The van der Waals surface area contributed by atoms with Crippen molar-refractivity contribution in [3.63, 3.8) is 0 Å². The first-order valence-electron chi connectivity index (χ1n) is 16.4. The summed E-state index contributed by atoms with van der Waals surface area (Å²) >= 11 is 0. The summed E-state index contributed by atoms with van der Waals surface area (Å²) in [5, 5.41) is 30.8. The fraction of sp³-hybridized carbons (Fsp3) is 0.571. The minimum Gasteiger partial charge on any atom is -0.507 e. The van der Waals surface area contributed by atoms with Gasteiger partial charge in [-0.1, -0.05) is 179 Å². The Morgan fingerprint density at radius 3 is 0.478 bits per heavy atom. The van der Waals surface area contributed by atoms with Gasteiger partial charge >= 0.3 is 0 Å². The molecule has 0 radical (unpaired) electrons. The molecule has 0 aliphatic rings. The van der Waals surface area contributed by atoms with Crippen LogP contribution in [0.3, 0.4) is 0 Å². The van der Waals surface area contributed by atoms with E-state index in [2.05, 4.69) is 125 Å². The van der Waals surface area contributed by atoms with Gasteiger partial charge in [-0.2, -0.15) is 0 Å². The number of rotatable bonds is 0. The summed E-state index contributed by atoms with van der Waals surface area (Å²) in [7, 11) is 0. The Hall–Kier alpha value is -1.60. The molecule has 0 saturated carbocycles. The third kappa shape index (κ3) is 12.4. The van der Waals surface area contributed by atoms with Gasteiger partial charge < -0.3 is 15.3 Å². The van der Waals surface area contributed by atoms with E-state index in [9.17, 15) is 15.3 Å². The summed E-state index contributed by atoms with van der Waals surface area (Å²) in [5.74, 6) is 1.37. The predicted octanol–water partition coefficient (Wildman–Crippen LogP) is 12.0. The number of benzene rings is 3. The molecule has 0 saturated heterocycles. The Morgan fingerprint density at radius 2 is 0.391 bits per heavy atom. The zero-order valence-corrected chi connectivity index (χ0v) is 35.1. The third-order valence-electron chi connectivity index (χ3n) is 7.96. The number of para-hydroxylation sites is 3. The van der Waals surface area contributed by atoms with E-state index in [0.717, 1.165) is 33.4 Å². The molecule has 0 spiro atoms. The predicted molar refractivity (Wildman–Crippen MR) is 197 cm³/mol. The maximum absolute atomic E-state index is 10.3. The largest absolute Gasteiger partial charge is 0.507 e. The zero-order valence-electron chi connectivity index (χ0n) is 32.4. The van der Waals surface area contributed by atoms with Gasteiger partial charge in [-0.25, -0.2) is 0 Å². The fourth-order valence-corrected chi connectivity index (χ4v) is 5.26. The Balaban J connectivity index is 0.000000653. The monoisotopic (exact) mass is 770 g/mol. The van der Waals surface area contributed by atoms with E-state index >= 15 is 0 Å². The van der Waals surface area contributed by atoms with E-state index in [0.29, 0.717) is 17.2 Å². The molecule has 0 heterocycles. The molecular formula is C42H66O3Sm. The number of hydrogen-bond donors (Lipinski definition) is 3. The molecule has 0 aromatic heterocycles. The molecule has 4 heteroatoms. The second kappa shape index (κ2) is 15.7. The molecule has 3 aromatic carbocycles. The molecule has 3 nitrogen and oxygen atoms in total. The van der Waals surface area contributed by atoms with Crippen LogP contribution in [0.2, 0.25) is 0 Å². The quantitative estimate of drug-likeness (QED) is 0.213. The van der Waals surface area contributed by atoms with Crippen molar-refractivity contribution in [1.29, 1.82) is 0 Å². The van der Waals surface area contributed by atoms with Crippen molar-refractivity contribution < 1.29 is 55.7 Å². The molecule has 0 fully saturated rings. The Kier molecular flexibility index (Phi) is 15.2. The molecule has 258 valence electrons. The number of hydrogen-bond acceptors (Lipinski definition) is 3. The first-order chi connectivity index (χ1) is 19.9. The van der Waals surface area contributed by atoms with Gasteiger partial charge in [0.1, 0.15) is 17.2 Å². The standard InChI is InChI=1S/3C14H22O.Sm/c3*1-13(2,3)10-8-7-9-11(12(10)15)14(4,5)6;/h3*7-9,15H,1-6H3;. The number of phenolic OH excluding ortho intramolecular Hbond substituents is 3. The maximum atomic E-state index is 10.3. The molecule has 0 aliphatic heterocycles. The van der Waals surface area contributed by atoms with Crippen LogP contribution in [0.1, 0.15) is 158 Å². The third-order valence-corrected chi connectivity index (χ3v) is 7.96. The van der Waals surface area contributed by atoms with Crippen molar-refractivity contribution in [3.8, 4) is 17.2 Å². The first-order valence-corrected chi connectivity index (χ1v) is 16.4. The SMILES string of the molecule is CC(C)(C)c1cccc(C(C)(C)C)c1O.CC(C)(C)c1cccc(C(C)(C)C)c1O.CC(C)(C)c1cccc(C(C)(C)C)c1O.[Sm]. The molecule has 0 bridgehead atoms. The second-order valence-corrected chi connectivity index (χ2v) is 18.6. The van der Waals surface area contributed by atoms with E-state index in [1.165, 1.54) is 0 Å². The summed E-state index contributed by atoms with van der Waals surface area (Å²) in [6.45, 7) is 38.2. The van der Waals surface area contributed by atoms with Gasteiger partial charge in [0.2, 0.25) is 0 Å². The van der Waals surface area contributed by atoms with Crippen molar-refractivity contribution in [2.75, 3.05) is 0 Å². The topological polar surface area (TPSA) is 60.7 Å². The average molecular weight is 769 g/mol. The van der Waals surface area contributed by atoms with E-state index < -0.39 is 0 Å². The van der Waals surface area contributed by atoms with Crippen LogP contribution < -0.4 is 0 Å². The summed E-state index contributed by atoms with van der Waals surface area (Å²) in [5.41, 5.74) is 6.09. The van der Waals surface area contributed by atoms with Crippen molar-refractivity contribution in [1.82, 2.24) is 0 Å². The average Bonchev–Trinajstić information content (AvgIpc) is 2.81. The van der Waals surface area contributed by atoms with Crippen molar-refractivity contribution >= 4 is 0 Å². The fourth-order valence-electron chi connectivity index (χ4n) is 5.26. The van der Waals surface area contributed by atoms with E-state index in [-0.39, 0.29) is 72.9 Å². The Labute approximate surface area is 315 Å². The minimum absolute atomic E-state index is 0. The number of aromatic hydroxyl groups is 3. The van der Waals surface area contributed by atoms with Crippen LogP contribution >= 0.6 is 0 Å². The van der Waals surface area contributed by atoms with Crippen LogP contribution in [-0.2, 0) is 32.5 Å². The van der Waals surface area contributed by atoms with E-state index in [1.807, 2.05) is 54.6 Å². The number of phenols is 3. The Bertz CT molecular complexity index is 1140. The van der Waals surface area contributed by atoms with Crippen LogP contribution in [0.25, 0.3) is 0 Å². The summed E-state index contributed by atoms with van der Waals surface area (Å²) in [6, 6.07) is 18.1. The molecule has 3 aromatic rings. The van der Waals surface area contributed by atoms with E-state index in [1.54, 1.807) is 0 Å². The second-order valence-electron chi connectivity index (χ2n) is 18.6. The van der Waals surface area contributed by atoms with Crippen molar-refractivity contribution in [3.05, 3.63) is 88.0 Å².